The van der Waals surface area contributed by atoms with Gasteiger partial charge >= 0.3 is 0 Å². The van der Waals surface area contributed by atoms with Crippen molar-refractivity contribution in [1.82, 2.24) is 15.0 Å². The SMILES string of the molecule is Cc1ccnc(CNc2cnc3ccccc3n2)c1. The molecule has 4 heteroatoms. The second-order valence-electron chi connectivity index (χ2n) is 4.42. The average Bonchev–Trinajstić information content (AvgIpc) is 2.45. The van der Waals surface area contributed by atoms with Gasteiger partial charge in [-0.25, -0.2) is 4.98 Å². The van der Waals surface area contributed by atoms with Crippen LogP contribution >= 0.6 is 0 Å². The van der Waals surface area contributed by atoms with Crippen molar-refractivity contribution < 1.29 is 0 Å². The van der Waals surface area contributed by atoms with Gasteiger partial charge in [0.25, 0.3) is 0 Å². The van der Waals surface area contributed by atoms with E-state index in [1.807, 2.05) is 36.5 Å². The Morgan fingerprint density at radius 3 is 2.74 bits per heavy atom. The van der Waals surface area contributed by atoms with Crippen LogP contribution in [-0.2, 0) is 6.54 Å². The quantitative estimate of drug-likeness (QED) is 0.776. The molecule has 1 aromatic carbocycles. The van der Waals surface area contributed by atoms with E-state index < -0.39 is 0 Å². The lowest BCUT2D eigenvalue weighted by Crippen LogP contribution is -2.03. The van der Waals surface area contributed by atoms with Gasteiger partial charge < -0.3 is 5.32 Å². The molecule has 0 fully saturated rings. The molecule has 0 radical (unpaired) electrons. The van der Waals surface area contributed by atoms with Crippen molar-refractivity contribution in [3.8, 4) is 0 Å². The monoisotopic (exact) mass is 250 g/mol. The van der Waals surface area contributed by atoms with Gasteiger partial charge in [-0.15, -0.1) is 0 Å². The predicted molar refractivity (Wildman–Crippen MR) is 75.8 cm³/mol. The highest BCUT2D eigenvalue weighted by Crippen LogP contribution is 2.12. The Hall–Kier alpha value is -2.49. The molecular formula is C15H14N4. The van der Waals surface area contributed by atoms with Crippen molar-refractivity contribution in [3.05, 3.63) is 60.0 Å². The van der Waals surface area contributed by atoms with Crippen molar-refractivity contribution in [2.24, 2.45) is 0 Å². The molecule has 4 nitrogen and oxygen atoms in total. The number of benzene rings is 1. The van der Waals surface area contributed by atoms with E-state index in [1.54, 1.807) is 6.20 Å². The molecule has 2 heterocycles. The van der Waals surface area contributed by atoms with Gasteiger partial charge in [-0.05, 0) is 36.8 Å². The predicted octanol–water partition coefficient (Wildman–Crippen LogP) is 2.95. The fourth-order valence-corrected chi connectivity index (χ4v) is 1.92. The highest BCUT2D eigenvalue weighted by atomic mass is 15.0. The number of aromatic nitrogens is 3. The topological polar surface area (TPSA) is 50.7 Å². The maximum atomic E-state index is 4.51. The summed E-state index contributed by atoms with van der Waals surface area (Å²) in [4.78, 5) is 13.2. The molecule has 0 amide bonds. The number of hydrogen-bond donors (Lipinski definition) is 1. The number of aryl methyl sites for hydroxylation is 1. The minimum atomic E-state index is 0.648. The fraction of sp³-hybridized carbons (Fsp3) is 0.133. The van der Waals surface area contributed by atoms with Gasteiger partial charge in [0.05, 0.1) is 29.5 Å². The Kier molecular flexibility index (Phi) is 3.06. The molecule has 0 aliphatic heterocycles. The number of fused-ring (bicyclic) bond motifs is 1. The molecule has 0 aliphatic rings. The van der Waals surface area contributed by atoms with Crippen LogP contribution in [0.2, 0.25) is 0 Å². The van der Waals surface area contributed by atoms with Crippen LogP contribution in [0, 0.1) is 6.92 Å². The van der Waals surface area contributed by atoms with Gasteiger partial charge in [-0.3, -0.25) is 9.97 Å². The third-order valence-corrected chi connectivity index (χ3v) is 2.87. The average molecular weight is 250 g/mol. The largest absolute Gasteiger partial charge is 0.363 e. The molecule has 0 saturated heterocycles. The number of anilines is 1. The van der Waals surface area contributed by atoms with Crippen molar-refractivity contribution >= 4 is 16.9 Å². The fourth-order valence-electron chi connectivity index (χ4n) is 1.92. The Morgan fingerprint density at radius 2 is 1.89 bits per heavy atom. The molecule has 2 aromatic heterocycles. The van der Waals surface area contributed by atoms with Gasteiger partial charge in [0.2, 0.25) is 0 Å². The van der Waals surface area contributed by atoms with E-state index in [0.29, 0.717) is 6.54 Å². The van der Waals surface area contributed by atoms with Crippen LogP contribution in [0.15, 0.2) is 48.8 Å². The van der Waals surface area contributed by atoms with E-state index in [9.17, 15) is 0 Å². The van der Waals surface area contributed by atoms with Crippen molar-refractivity contribution in [2.75, 3.05) is 5.32 Å². The molecule has 1 N–H and O–H groups in total. The van der Waals surface area contributed by atoms with E-state index in [1.165, 1.54) is 5.56 Å². The summed E-state index contributed by atoms with van der Waals surface area (Å²) in [5, 5.41) is 3.24. The van der Waals surface area contributed by atoms with Crippen LogP contribution in [0.25, 0.3) is 11.0 Å². The maximum Gasteiger partial charge on any atom is 0.145 e. The number of rotatable bonds is 3. The molecular weight excluding hydrogens is 236 g/mol. The molecule has 0 bridgehead atoms. The summed E-state index contributed by atoms with van der Waals surface area (Å²) in [5.41, 5.74) is 4.00. The van der Waals surface area contributed by atoms with Gasteiger partial charge in [0.15, 0.2) is 0 Å². The third-order valence-electron chi connectivity index (χ3n) is 2.87. The summed E-state index contributed by atoms with van der Waals surface area (Å²) < 4.78 is 0. The van der Waals surface area contributed by atoms with Crippen LogP contribution in [0.1, 0.15) is 11.3 Å². The number of para-hydroxylation sites is 2. The van der Waals surface area contributed by atoms with E-state index in [4.69, 9.17) is 0 Å². The first-order valence-electron chi connectivity index (χ1n) is 6.18. The maximum absolute atomic E-state index is 4.51. The first-order chi connectivity index (χ1) is 9.31. The molecule has 0 atom stereocenters. The van der Waals surface area contributed by atoms with Gasteiger partial charge in [-0.2, -0.15) is 0 Å². The summed E-state index contributed by atoms with van der Waals surface area (Å²) in [7, 11) is 0. The number of nitrogens with one attached hydrogen (secondary N) is 1. The number of hydrogen-bond acceptors (Lipinski definition) is 4. The van der Waals surface area contributed by atoms with Crippen molar-refractivity contribution in [2.45, 2.75) is 13.5 Å². The number of nitrogens with zero attached hydrogens (tertiary/aromatic N) is 3. The molecule has 19 heavy (non-hydrogen) atoms. The highest BCUT2D eigenvalue weighted by molar-refractivity contribution is 5.75. The van der Waals surface area contributed by atoms with Crippen molar-refractivity contribution in [1.29, 1.82) is 0 Å². The smallest absolute Gasteiger partial charge is 0.145 e. The Labute approximate surface area is 111 Å². The van der Waals surface area contributed by atoms with E-state index >= 15 is 0 Å². The molecule has 3 rings (SSSR count). The van der Waals surface area contributed by atoms with E-state index in [-0.39, 0.29) is 0 Å². The highest BCUT2D eigenvalue weighted by Gasteiger charge is 2.00. The molecule has 0 saturated carbocycles. The van der Waals surface area contributed by atoms with Gasteiger partial charge in [-0.1, -0.05) is 12.1 Å². The molecule has 94 valence electrons. The normalized spacial score (nSPS) is 10.6. The Bertz CT molecular complexity index is 709. The summed E-state index contributed by atoms with van der Waals surface area (Å²) >= 11 is 0. The van der Waals surface area contributed by atoms with Crippen LogP contribution in [0.3, 0.4) is 0 Å². The molecule has 3 aromatic rings. The minimum Gasteiger partial charge on any atom is -0.363 e. The standard InChI is InChI=1S/C15H14N4/c1-11-6-7-16-12(8-11)9-18-15-10-17-13-4-2-3-5-14(13)19-15/h2-8,10H,9H2,1H3,(H,18,19). The lowest BCUT2D eigenvalue weighted by atomic mass is 10.2. The zero-order valence-corrected chi connectivity index (χ0v) is 10.7. The summed E-state index contributed by atoms with van der Waals surface area (Å²) in [6.45, 7) is 2.70. The summed E-state index contributed by atoms with van der Waals surface area (Å²) in [6, 6.07) is 11.9. The van der Waals surface area contributed by atoms with Gasteiger partial charge in [0, 0.05) is 6.20 Å². The third kappa shape index (κ3) is 2.68. The minimum absolute atomic E-state index is 0.648. The molecule has 0 unspecified atom stereocenters. The number of pyridine rings is 1. The van der Waals surface area contributed by atoms with E-state index in [0.717, 1.165) is 22.5 Å². The second-order valence-corrected chi connectivity index (χ2v) is 4.42. The Balaban J connectivity index is 1.78. The molecule has 0 aliphatic carbocycles. The second kappa shape index (κ2) is 5.02. The first kappa shape index (κ1) is 11.6. The molecule has 0 spiro atoms. The first-order valence-corrected chi connectivity index (χ1v) is 6.18. The zero-order valence-electron chi connectivity index (χ0n) is 10.7. The van der Waals surface area contributed by atoms with Crippen LogP contribution in [0.4, 0.5) is 5.82 Å². The Morgan fingerprint density at radius 1 is 1.05 bits per heavy atom. The summed E-state index contributed by atoms with van der Waals surface area (Å²) in [5.74, 6) is 0.766. The lowest BCUT2D eigenvalue weighted by Gasteiger charge is -2.06. The van der Waals surface area contributed by atoms with E-state index in [2.05, 4.69) is 33.3 Å². The van der Waals surface area contributed by atoms with Crippen LogP contribution in [0.5, 0.6) is 0 Å². The van der Waals surface area contributed by atoms with Crippen LogP contribution < -0.4 is 5.32 Å². The lowest BCUT2D eigenvalue weighted by molar-refractivity contribution is 1.02. The zero-order chi connectivity index (χ0) is 13.1. The van der Waals surface area contributed by atoms with Gasteiger partial charge in [0.1, 0.15) is 5.82 Å². The summed E-state index contributed by atoms with van der Waals surface area (Å²) in [6.07, 6.45) is 3.57. The van der Waals surface area contributed by atoms with Crippen molar-refractivity contribution in [3.63, 3.8) is 0 Å². The van der Waals surface area contributed by atoms with Crippen LogP contribution in [-0.4, -0.2) is 15.0 Å².